The van der Waals surface area contributed by atoms with Gasteiger partial charge in [0.1, 0.15) is 5.76 Å². The maximum atomic E-state index is 5.84. The second kappa shape index (κ2) is 3.65. The normalized spacial score (nSPS) is 11.3. The van der Waals surface area contributed by atoms with Gasteiger partial charge in [-0.3, -0.25) is 9.97 Å². The summed E-state index contributed by atoms with van der Waals surface area (Å²) < 4.78 is 7.02. The smallest absolute Gasteiger partial charge is 0.153 e. The molecule has 3 nitrogen and oxygen atoms in total. The highest BCUT2D eigenvalue weighted by Gasteiger charge is 2.11. The van der Waals surface area contributed by atoms with E-state index in [1.54, 1.807) is 23.7 Å². The highest BCUT2D eigenvalue weighted by Crippen LogP contribution is 2.35. The van der Waals surface area contributed by atoms with E-state index in [-0.39, 0.29) is 0 Å². The summed E-state index contributed by atoms with van der Waals surface area (Å²) in [5, 5.41) is 4.37. The number of rotatable bonds is 1. The van der Waals surface area contributed by atoms with Gasteiger partial charge in [0.25, 0.3) is 0 Å². The lowest BCUT2D eigenvalue weighted by Crippen LogP contribution is -1.71. The van der Waals surface area contributed by atoms with Crippen molar-refractivity contribution in [2.45, 2.75) is 0 Å². The molecule has 0 saturated heterocycles. The van der Waals surface area contributed by atoms with E-state index in [2.05, 4.69) is 21.4 Å². The molecule has 0 amide bonds. The van der Waals surface area contributed by atoms with E-state index in [4.69, 9.17) is 4.42 Å². The van der Waals surface area contributed by atoms with Crippen LogP contribution in [0.5, 0.6) is 0 Å². The average Bonchev–Trinajstić information content (AvgIpc) is 3.02. The number of fused-ring (bicyclic) bond motifs is 2. The van der Waals surface area contributed by atoms with Crippen molar-refractivity contribution < 1.29 is 4.42 Å². The highest BCUT2D eigenvalue weighted by molar-refractivity contribution is 7.17. The Bertz CT molecular complexity index is 814. The molecule has 0 aliphatic heterocycles. The van der Waals surface area contributed by atoms with Crippen LogP contribution < -0.4 is 0 Å². The van der Waals surface area contributed by atoms with Crippen molar-refractivity contribution in [3.05, 3.63) is 48.4 Å². The standard InChI is InChI=1S/C14H8N2OS/c1-3-15-6-13-9(1)5-12(17-13)11-8-18-14-7-16-4-2-10(11)14/h1-8H. The number of thiophene rings is 1. The Labute approximate surface area is 107 Å². The Morgan fingerprint density at radius 3 is 2.89 bits per heavy atom. The van der Waals surface area contributed by atoms with Gasteiger partial charge in [-0.1, -0.05) is 0 Å². The van der Waals surface area contributed by atoms with Crippen LogP contribution >= 0.6 is 11.3 Å². The summed E-state index contributed by atoms with van der Waals surface area (Å²) in [5.41, 5.74) is 1.94. The van der Waals surface area contributed by atoms with Crippen LogP contribution in [0.15, 0.2) is 52.8 Å². The minimum Gasteiger partial charge on any atom is -0.454 e. The van der Waals surface area contributed by atoms with Crippen LogP contribution in [-0.2, 0) is 0 Å². The van der Waals surface area contributed by atoms with Crippen molar-refractivity contribution in [3.63, 3.8) is 0 Å². The molecule has 4 aromatic rings. The Hall–Kier alpha value is -2.20. The van der Waals surface area contributed by atoms with Gasteiger partial charge >= 0.3 is 0 Å². The summed E-state index contributed by atoms with van der Waals surface area (Å²) in [6.07, 6.45) is 7.21. The number of furan rings is 1. The van der Waals surface area contributed by atoms with Crippen molar-refractivity contribution >= 4 is 32.4 Å². The lowest BCUT2D eigenvalue weighted by atomic mass is 10.1. The first-order valence-corrected chi connectivity index (χ1v) is 6.45. The van der Waals surface area contributed by atoms with Crippen molar-refractivity contribution in [2.75, 3.05) is 0 Å². The minimum atomic E-state index is 0.820. The third kappa shape index (κ3) is 1.36. The van der Waals surface area contributed by atoms with Crippen molar-refractivity contribution in [3.8, 4) is 11.3 Å². The van der Waals surface area contributed by atoms with Crippen LogP contribution in [0.4, 0.5) is 0 Å². The average molecular weight is 252 g/mol. The Morgan fingerprint density at radius 1 is 1.06 bits per heavy atom. The third-order valence-electron chi connectivity index (χ3n) is 2.97. The van der Waals surface area contributed by atoms with E-state index in [1.165, 1.54) is 10.1 Å². The molecular formula is C14H8N2OS. The second-order valence-electron chi connectivity index (χ2n) is 4.05. The van der Waals surface area contributed by atoms with E-state index < -0.39 is 0 Å². The maximum Gasteiger partial charge on any atom is 0.153 e. The summed E-state index contributed by atoms with van der Waals surface area (Å²) in [7, 11) is 0. The predicted molar refractivity (Wildman–Crippen MR) is 72.6 cm³/mol. The molecule has 0 aromatic carbocycles. The molecule has 86 valence electrons. The summed E-state index contributed by atoms with van der Waals surface area (Å²) in [5.74, 6) is 0.885. The molecule has 0 bridgehead atoms. The molecular weight excluding hydrogens is 244 g/mol. The molecule has 0 aliphatic carbocycles. The van der Waals surface area contributed by atoms with Crippen LogP contribution in [0.2, 0.25) is 0 Å². The quantitative estimate of drug-likeness (QED) is 0.512. The molecule has 4 heteroatoms. The van der Waals surface area contributed by atoms with Crippen LogP contribution in [0.25, 0.3) is 32.4 Å². The summed E-state index contributed by atoms with van der Waals surface area (Å²) in [6, 6.07) is 6.03. The number of nitrogens with zero attached hydrogens (tertiary/aromatic N) is 2. The lowest BCUT2D eigenvalue weighted by molar-refractivity contribution is 0.631. The van der Waals surface area contributed by atoms with E-state index >= 15 is 0 Å². The van der Waals surface area contributed by atoms with Crippen LogP contribution in [-0.4, -0.2) is 9.97 Å². The van der Waals surface area contributed by atoms with E-state index in [0.29, 0.717) is 0 Å². The van der Waals surface area contributed by atoms with E-state index in [0.717, 1.165) is 22.3 Å². The first-order valence-electron chi connectivity index (χ1n) is 5.57. The molecule has 4 heterocycles. The number of aromatic nitrogens is 2. The van der Waals surface area contributed by atoms with Gasteiger partial charge in [-0.15, -0.1) is 11.3 Å². The summed E-state index contributed by atoms with van der Waals surface area (Å²) in [6.45, 7) is 0. The van der Waals surface area contributed by atoms with Gasteiger partial charge < -0.3 is 4.42 Å². The summed E-state index contributed by atoms with van der Waals surface area (Å²) >= 11 is 1.68. The molecule has 0 aliphatic rings. The Kier molecular flexibility index (Phi) is 1.98. The fourth-order valence-corrected chi connectivity index (χ4v) is 3.00. The fourth-order valence-electron chi connectivity index (χ4n) is 2.09. The first-order chi connectivity index (χ1) is 8.92. The molecule has 0 atom stereocenters. The largest absolute Gasteiger partial charge is 0.454 e. The monoisotopic (exact) mass is 252 g/mol. The Morgan fingerprint density at radius 2 is 1.94 bits per heavy atom. The van der Waals surface area contributed by atoms with Gasteiger partial charge in [0.2, 0.25) is 0 Å². The van der Waals surface area contributed by atoms with E-state index in [9.17, 15) is 0 Å². The Balaban J connectivity index is 2.01. The SMILES string of the molecule is c1cc2cc(-c3csc4cnccc34)oc2cn1. The van der Waals surface area contributed by atoms with Crippen LogP contribution in [0, 0.1) is 0 Å². The lowest BCUT2D eigenvalue weighted by Gasteiger charge is -1.93. The van der Waals surface area contributed by atoms with Crippen LogP contribution in [0.3, 0.4) is 0 Å². The van der Waals surface area contributed by atoms with Gasteiger partial charge in [-0.25, -0.2) is 0 Å². The molecule has 0 fully saturated rings. The number of hydrogen-bond acceptors (Lipinski definition) is 4. The van der Waals surface area contributed by atoms with Crippen molar-refractivity contribution in [2.24, 2.45) is 0 Å². The first kappa shape index (κ1) is 9.79. The maximum absolute atomic E-state index is 5.84. The summed E-state index contributed by atoms with van der Waals surface area (Å²) in [4.78, 5) is 8.20. The van der Waals surface area contributed by atoms with Gasteiger partial charge in [0.05, 0.1) is 10.9 Å². The predicted octanol–water partition coefficient (Wildman–Crippen LogP) is 4.10. The molecule has 18 heavy (non-hydrogen) atoms. The minimum absolute atomic E-state index is 0.820. The zero-order valence-corrected chi connectivity index (χ0v) is 10.1. The third-order valence-corrected chi connectivity index (χ3v) is 3.90. The van der Waals surface area contributed by atoms with Crippen molar-refractivity contribution in [1.82, 2.24) is 9.97 Å². The number of hydrogen-bond donors (Lipinski definition) is 0. The molecule has 0 unspecified atom stereocenters. The molecule has 4 aromatic heterocycles. The van der Waals surface area contributed by atoms with Gasteiger partial charge in [-0.05, 0) is 18.2 Å². The number of pyridine rings is 2. The molecule has 0 saturated carbocycles. The zero-order valence-electron chi connectivity index (χ0n) is 9.33. The highest BCUT2D eigenvalue weighted by atomic mass is 32.1. The van der Waals surface area contributed by atoms with Gasteiger partial charge in [-0.2, -0.15) is 0 Å². The second-order valence-corrected chi connectivity index (χ2v) is 4.96. The molecule has 0 radical (unpaired) electrons. The van der Waals surface area contributed by atoms with Crippen molar-refractivity contribution in [1.29, 1.82) is 0 Å². The van der Waals surface area contributed by atoms with E-state index in [1.807, 2.05) is 24.5 Å². The molecule has 0 N–H and O–H groups in total. The topological polar surface area (TPSA) is 38.9 Å². The van der Waals surface area contributed by atoms with Gasteiger partial charge in [0.15, 0.2) is 5.58 Å². The van der Waals surface area contributed by atoms with Gasteiger partial charge in [0, 0.05) is 40.3 Å². The fraction of sp³-hybridized carbons (Fsp3) is 0. The molecule has 4 rings (SSSR count). The van der Waals surface area contributed by atoms with Crippen LogP contribution in [0.1, 0.15) is 0 Å². The molecule has 0 spiro atoms. The zero-order chi connectivity index (χ0) is 11.9.